The number of fused-ring (bicyclic) bond motifs is 4. The van der Waals surface area contributed by atoms with Crippen molar-refractivity contribution in [3.63, 3.8) is 0 Å². The van der Waals surface area contributed by atoms with Gasteiger partial charge in [-0.15, -0.1) is 0 Å². The van der Waals surface area contributed by atoms with Gasteiger partial charge in [-0.25, -0.2) is 0 Å². The number of hydrogen-bond acceptors (Lipinski definition) is 6. The molecule has 6 nitrogen and oxygen atoms in total. The largest absolute Gasteiger partial charge is 0.493 e. The lowest BCUT2D eigenvalue weighted by atomic mass is 10.00. The van der Waals surface area contributed by atoms with Crippen molar-refractivity contribution in [2.24, 2.45) is 0 Å². The number of nitrogens with zero attached hydrogens (tertiary/aromatic N) is 2. The van der Waals surface area contributed by atoms with Gasteiger partial charge in [0.05, 0.1) is 50.9 Å². The van der Waals surface area contributed by atoms with Gasteiger partial charge < -0.3 is 18.9 Å². The summed E-state index contributed by atoms with van der Waals surface area (Å²) in [5, 5.41) is 4.29. The minimum Gasteiger partial charge on any atom is -0.493 e. The highest BCUT2D eigenvalue weighted by Gasteiger charge is 2.24. The number of ether oxygens (including phenoxy) is 4. The predicted molar refractivity (Wildman–Crippen MR) is 108 cm³/mol. The zero-order chi connectivity index (χ0) is 19.4. The van der Waals surface area contributed by atoms with Crippen molar-refractivity contribution in [2.75, 3.05) is 28.4 Å². The summed E-state index contributed by atoms with van der Waals surface area (Å²) < 4.78 is 22.1. The first-order chi connectivity index (χ1) is 13.7. The standard InChI is InChI=1S/C22H20N2O4/c1-25-17-7-11-15(9-19(17)27-3)23-13-5-6-14-22(13)21(11)12-8-18(26-2)20(28-4)10-16(12)24-14/h7-10H,5-6H2,1-4H3. The smallest absolute Gasteiger partial charge is 0.162 e. The van der Waals surface area contributed by atoms with Crippen molar-refractivity contribution in [3.8, 4) is 23.0 Å². The first kappa shape index (κ1) is 16.9. The molecule has 4 aromatic rings. The fourth-order valence-electron chi connectivity index (χ4n) is 4.19. The Hall–Kier alpha value is -3.28. The summed E-state index contributed by atoms with van der Waals surface area (Å²) in [7, 11) is 6.56. The molecule has 0 amide bonds. The van der Waals surface area contributed by atoms with Gasteiger partial charge in [0.15, 0.2) is 23.0 Å². The molecule has 2 heterocycles. The van der Waals surface area contributed by atoms with Gasteiger partial charge in [0.2, 0.25) is 0 Å². The lowest BCUT2D eigenvalue weighted by molar-refractivity contribution is 0.355. The number of aromatic nitrogens is 2. The van der Waals surface area contributed by atoms with Gasteiger partial charge in [0.25, 0.3) is 0 Å². The lowest BCUT2D eigenvalue weighted by Gasteiger charge is -2.15. The van der Waals surface area contributed by atoms with Crippen LogP contribution < -0.4 is 18.9 Å². The van der Waals surface area contributed by atoms with E-state index in [0.717, 1.165) is 56.8 Å². The van der Waals surface area contributed by atoms with Gasteiger partial charge in [-0.3, -0.25) is 9.97 Å². The first-order valence-electron chi connectivity index (χ1n) is 9.11. The summed E-state index contributed by atoms with van der Waals surface area (Å²) in [5.74, 6) is 2.70. The maximum Gasteiger partial charge on any atom is 0.162 e. The highest BCUT2D eigenvalue weighted by atomic mass is 16.5. The third-order valence-electron chi connectivity index (χ3n) is 5.48. The molecule has 28 heavy (non-hydrogen) atoms. The normalized spacial score (nSPS) is 12.7. The molecule has 0 saturated heterocycles. The SMILES string of the molecule is COc1cc2nc3c4c(nc5cc(OC)c(OC)cc5c4c2cc1OC)CC3. The van der Waals surface area contributed by atoms with Crippen molar-refractivity contribution in [3.05, 3.63) is 35.7 Å². The van der Waals surface area contributed by atoms with Crippen LogP contribution in [0.3, 0.4) is 0 Å². The molecule has 0 bridgehead atoms. The van der Waals surface area contributed by atoms with Crippen molar-refractivity contribution >= 4 is 32.6 Å². The average Bonchev–Trinajstić information content (AvgIpc) is 3.14. The molecule has 0 radical (unpaired) electrons. The number of benzene rings is 2. The Morgan fingerprint density at radius 2 is 0.964 bits per heavy atom. The Bertz CT molecular complexity index is 1170. The van der Waals surface area contributed by atoms with E-state index in [1.807, 2.05) is 24.3 Å². The van der Waals surface area contributed by atoms with E-state index in [1.165, 1.54) is 0 Å². The molecule has 0 aliphatic heterocycles. The van der Waals surface area contributed by atoms with Gasteiger partial charge >= 0.3 is 0 Å². The monoisotopic (exact) mass is 376 g/mol. The van der Waals surface area contributed by atoms with Crippen LogP contribution in [0.25, 0.3) is 32.6 Å². The van der Waals surface area contributed by atoms with Gasteiger partial charge in [0.1, 0.15) is 0 Å². The summed E-state index contributed by atoms with van der Waals surface area (Å²) in [4.78, 5) is 9.82. The van der Waals surface area contributed by atoms with Crippen LogP contribution in [0, 0.1) is 0 Å². The van der Waals surface area contributed by atoms with Crippen LogP contribution in [0.2, 0.25) is 0 Å². The zero-order valence-corrected chi connectivity index (χ0v) is 16.3. The van der Waals surface area contributed by atoms with Gasteiger partial charge in [-0.1, -0.05) is 0 Å². The number of rotatable bonds is 4. The highest BCUT2D eigenvalue weighted by molar-refractivity contribution is 6.21. The van der Waals surface area contributed by atoms with Gasteiger partial charge in [0, 0.05) is 33.7 Å². The summed E-state index contributed by atoms with van der Waals surface area (Å²) in [6.07, 6.45) is 1.77. The predicted octanol–water partition coefficient (Wildman–Crippen LogP) is 4.07. The van der Waals surface area contributed by atoms with Crippen molar-refractivity contribution < 1.29 is 18.9 Å². The second-order valence-electron chi connectivity index (χ2n) is 6.82. The van der Waals surface area contributed by atoms with Crippen molar-refractivity contribution in [1.29, 1.82) is 0 Å². The topological polar surface area (TPSA) is 62.7 Å². The van der Waals surface area contributed by atoms with E-state index >= 15 is 0 Å². The molecule has 0 spiro atoms. The van der Waals surface area contributed by atoms with Crippen molar-refractivity contribution in [2.45, 2.75) is 12.8 Å². The number of aryl methyl sites for hydroxylation is 2. The summed E-state index contributed by atoms with van der Waals surface area (Å²) in [5.41, 5.74) is 3.92. The summed E-state index contributed by atoms with van der Waals surface area (Å²) >= 11 is 0. The fraction of sp³-hybridized carbons (Fsp3) is 0.273. The second-order valence-corrected chi connectivity index (χ2v) is 6.82. The molecule has 0 N–H and O–H groups in total. The van der Waals surface area contributed by atoms with E-state index in [9.17, 15) is 0 Å². The zero-order valence-electron chi connectivity index (χ0n) is 16.3. The average molecular weight is 376 g/mol. The minimum atomic E-state index is 0.671. The number of pyridine rings is 2. The fourth-order valence-corrected chi connectivity index (χ4v) is 4.19. The Labute approximate surface area is 162 Å². The van der Waals surface area contributed by atoms with Crippen LogP contribution in [-0.4, -0.2) is 38.4 Å². The molecule has 142 valence electrons. The third-order valence-corrected chi connectivity index (χ3v) is 5.48. The van der Waals surface area contributed by atoms with Crippen LogP contribution in [0.4, 0.5) is 0 Å². The maximum atomic E-state index is 5.55. The second kappa shape index (κ2) is 6.12. The van der Waals surface area contributed by atoms with Gasteiger partial charge in [-0.05, 0) is 25.0 Å². The Kier molecular flexibility index (Phi) is 3.69. The molecule has 0 unspecified atom stereocenters. The van der Waals surface area contributed by atoms with E-state index in [1.54, 1.807) is 28.4 Å². The molecule has 6 heteroatoms. The molecule has 0 atom stereocenters. The van der Waals surface area contributed by atoms with Gasteiger partial charge in [-0.2, -0.15) is 0 Å². The molecular weight excluding hydrogens is 356 g/mol. The summed E-state index contributed by atoms with van der Waals surface area (Å²) in [6, 6.07) is 7.88. The van der Waals surface area contributed by atoms with E-state index in [-0.39, 0.29) is 0 Å². The Morgan fingerprint density at radius 3 is 1.36 bits per heavy atom. The molecule has 0 fully saturated rings. The van der Waals surface area contributed by atoms with Crippen LogP contribution in [-0.2, 0) is 12.8 Å². The molecular formula is C22H20N2O4. The molecule has 1 aliphatic rings. The molecule has 2 aromatic carbocycles. The van der Waals surface area contributed by atoms with Crippen molar-refractivity contribution in [1.82, 2.24) is 9.97 Å². The maximum absolute atomic E-state index is 5.55. The molecule has 0 saturated carbocycles. The Balaban J connectivity index is 2.02. The Morgan fingerprint density at radius 1 is 0.571 bits per heavy atom. The quantitative estimate of drug-likeness (QED) is 0.501. The van der Waals surface area contributed by atoms with E-state index < -0.39 is 0 Å². The highest BCUT2D eigenvalue weighted by Crippen LogP contribution is 2.43. The lowest BCUT2D eigenvalue weighted by Crippen LogP contribution is -1.96. The first-order valence-corrected chi connectivity index (χ1v) is 9.11. The third kappa shape index (κ3) is 2.21. The minimum absolute atomic E-state index is 0.671. The summed E-state index contributed by atoms with van der Waals surface area (Å²) in [6.45, 7) is 0. The van der Waals surface area contributed by atoms with Crippen LogP contribution in [0.1, 0.15) is 11.4 Å². The van der Waals surface area contributed by atoms with Crippen LogP contribution in [0.5, 0.6) is 23.0 Å². The molecule has 2 aromatic heterocycles. The number of hydrogen-bond donors (Lipinski definition) is 0. The number of methoxy groups -OCH3 is 4. The van der Waals surface area contributed by atoms with Crippen LogP contribution in [0.15, 0.2) is 24.3 Å². The van der Waals surface area contributed by atoms with E-state index in [0.29, 0.717) is 23.0 Å². The van der Waals surface area contributed by atoms with E-state index in [2.05, 4.69) is 0 Å². The van der Waals surface area contributed by atoms with E-state index in [4.69, 9.17) is 28.9 Å². The molecule has 5 rings (SSSR count). The van der Waals surface area contributed by atoms with Crippen LogP contribution >= 0.6 is 0 Å². The molecule has 1 aliphatic carbocycles.